The maximum Gasteiger partial charge on any atom is 0.224 e. The fourth-order valence-electron chi connectivity index (χ4n) is 4.69. The molecule has 0 heterocycles. The van der Waals surface area contributed by atoms with Crippen LogP contribution in [-0.4, -0.2) is 11.6 Å². The van der Waals surface area contributed by atoms with Crippen molar-refractivity contribution in [2.45, 2.75) is 71.6 Å². The molecule has 0 spiro atoms. The summed E-state index contributed by atoms with van der Waals surface area (Å²) in [5.74, 6) is 0.348. The van der Waals surface area contributed by atoms with E-state index in [-0.39, 0.29) is 22.9 Å². The highest BCUT2D eigenvalue weighted by molar-refractivity contribution is 6.45. The van der Waals surface area contributed by atoms with Crippen molar-refractivity contribution in [2.24, 2.45) is 17.3 Å². The quantitative estimate of drug-likeness (QED) is 0.489. The number of allylic oxidation sites excluding steroid dienone is 2. The van der Waals surface area contributed by atoms with Crippen LogP contribution >= 0.6 is 0 Å². The Balaban J connectivity index is 1.98. The van der Waals surface area contributed by atoms with Gasteiger partial charge in [-0.25, -0.2) is 0 Å². The van der Waals surface area contributed by atoms with Gasteiger partial charge >= 0.3 is 0 Å². The van der Waals surface area contributed by atoms with Gasteiger partial charge in [0.25, 0.3) is 0 Å². The third-order valence-corrected chi connectivity index (χ3v) is 6.31. The molecule has 0 N–H and O–H groups in total. The topological polar surface area (TPSA) is 34.1 Å². The standard InChI is InChI=1S/C18H26O2/c1-12-7-6-10-15-17(20)16(19)14(11-18(12,15)2)13-8-4-3-5-9-13/h12,15H,3-11H2,1-2H3. The van der Waals surface area contributed by atoms with E-state index in [1.165, 1.54) is 31.3 Å². The van der Waals surface area contributed by atoms with Gasteiger partial charge in [-0.2, -0.15) is 0 Å². The van der Waals surface area contributed by atoms with E-state index in [1.54, 1.807) is 0 Å². The zero-order chi connectivity index (χ0) is 14.3. The van der Waals surface area contributed by atoms with Crippen molar-refractivity contribution in [2.75, 3.05) is 0 Å². The molecule has 3 fully saturated rings. The van der Waals surface area contributed by atoms with Gasteiger partial charge in [0.2, 0.25) is 11.6 Å². The minimum atomic E-state index is -0.126. The summed E-state index contributed by atoms with van der Waals surface area (Å²) < 4.78 is 0. The third kappa shape index (κ3) is 2.08. The lowest BCUT2D eigenvalue weighted by atomic mass is 9.54. The molecule has 3 aliphatic carbocycles. The van der Waals surface area contributed by atoms with Gasteiger partial charge in [-0.15, -0.1) is 0 Å². The van der Waals surface area contributed by atoms with Crippen molar-refractivity contribution >= 4 is 11.6 Å². The Labute approximate surface area is 122 Å². The first-order chi connectivity index (χ1) is 9.54. The average Bonchev–Trinajstić information content (AvgIpc) is 2.46. The second-order valence-electron chi connectivity index (χ2n) is 7.40. The van der Waals surface area contributed by atoms with E-state index in [0.29, 0.717) is 5.92 Å². The lowest BCUT2D eigenvalue weighted by Crippen LogP contribution is -2.49. The average molecular weight is 274 g/mol. The Bertz CT molecular complexity index is 466. The highest BCUT2D eigenvalue weighted by atomic mass is 16.2. The lowest BCUT2D eigenvalue weighted by Gasteiger charge is -2.49. The summed E-state index contributed by atoms with van der Waals surface area (Å²) in [6.07, 6.45) is 9.84. The first kappa shape index (κ1) is 14.0. The SMILES string of the molecule is CC1CCCC2C(=O)C(=O)C(=C3CCCCC3)CC12C. The summed E-state index contributed by atoms with van der Waals surface area (Å²) >= 11 is 0. The molecule has 20 heavy (non-hydrogen) atoms. The second-order valence-corrected chi connectivity index (χ2v) is 7.40. The number of hydrogen-bond donors (Lipinski definition) is 0. The van der Waals surface area contributed by atoms with Gasteiger partial charge in [0.05, 0.1) is 0 Å². The van der Waals surface area contributed by atoms with Crippen molar-refractivity contribution < 1.29 is 9.59 Å². The summed E-state index contributed by atoms with van der Waals surface area (Å²) in [6, 6.07) is 0. The molecular formula is C18H26O2. The molecule has 110 valence electrons. The van der Waals surface area contributed by atoms with Crippen molar-refractivity contribution in [3.8, 4) is 0 Å². The summed E-state index contributed by atoms with van der Waals surface area (Å²) in [5, 5.41) is 0. The number of Topliss-reactive ketones (excluding diaryl/α,β-unsaturated/α-hetero) is 2. The zero-order valence-electron chi connectivity index (χ0n) is 12.8. The molecule has 0 bridgehead atoms. The molecular weight excluding hydrogens is 248 g/mol. The summed E-state index contributed by atoms with van der Waals surface area (Å²) in [5.41, 5.74) is 2.26. The predicted octanol–water partition coefficient (Wildman–Crippen LogP) is 4.23. The smallest absolute Gasteiger partial charge is 0.224 e. The van der Waals surface area contributed by atoms with Crippen LogP contribution in [0.3, 0.4) is 0 Å². The van der Waals surface area contributed by atoms with Crippen LogP contribution < -0.4 is 0 Å². The number of ketones is 2. The monoisotopic (exact) mass is 274 g/mol. The van der Waals surface area contributed by atoms with E-state index >= 15 is 0 Å². The Hall–Kier alpha value is -0.920. The van der Waals surface area contributed by atoms with Crippen LogP contribution in [0.25, 0.3) is 0 Å². The molecule has 3 aliphatic rings. The van der Waals surface area contributed by atoms with Gasteiger partial charge in [0, 0.05) is 11.5 Å². The van der Waals surface area contributed by atoms with Gasteiger partial charge < -0.3 is 0 Å². The highest BCUT2D eigenvalue weighted by Gasteiger charge is 2.52. The van der Waals surface area contributed by atoms with Crippen molar-refractivity contribution in [1.82, 2.24) is 0 Å². The molecule has 0 aromatic heterocycles. The van der Waals surface area contributed by atoms with Gasteiger partial charge in [-0.1, -0.05) is 38.7 Å². The number of carbonyl (C=O) groups excluding carboxylic acids is 2. The predicted molar refractivity (Wildman–Crippen MR) is 79.4 cm³/mol. The fourth-order valence-corrected chi connectivity index (χ4v) is 4.69. The molecule has 3 atom stereocenters. The van der Waals surface area contributed by atoms with E-state index in [1.807, 2.05) is 0 Å². The molecule has 2 heteroatoms. The summed E-state index contributed by atoms with van der Waals surface area (Å²) in [7, 11) is 0. The largest absolute Gasteiger partial charge is 0.290 e. The van der Waals surface area contributed by atoms with Crippen molar-refractivity contribution in [3.05, 3.63) is 11.1 Å². The van der Waals surface area contributed by atoms with Crippen LogP contribution in [0.15, 0.2) is 11.1 Å². The van der Waals surface area contributed by atoms with Crippen LogP contribution in [0.1, 0.15) is 71.6 Å². The van der Waals surface area contributed by atoms with E-state index in [2.05, 4.69) is 13.8 Å². The Morgan fingerprint density at radius 2 is 1.70 bits per heavy atom. The first-order valence-electron chi connectivity index (χ1n) is 8.33. The van der Waals surface area contributed by atoms with Crippen LogP contribution in [0.2, 0.25) is 0 Å². The zero-order valence-corrected chi connectivity index (χ0v) is 12.8. The van der Waals surface area contributed by atoms with E-state index in [9.17, 15) is 9.59 Å². The number of carbonyl (C=O) groups is 2. The molecule has 0 saturated heterocycles. The van der Waals surface area contributed by atoms with Gasteiger partial charge in [0.1, 0.15) is 0 Å². The first-order valence-corrected chi connectivity index (χ1v) is 8.33. The third-order valence-electron chi connectivity index (χ3n) is 6.31. The van der Waals surface area contributed by atoms with Crippen LogP contribution in [0, 0.1) is 17.3 Å². The molecule has 2 nitrogen and oxygen atoms in total. The lowest BCUT2D eigenvalue weighted by molar-refractivity contribution is -0.145. The summed E-state index contributed by atoms with van der Waals surface area (Å²) in [6.45, 7) is 4.54. The second kappa shape index (κ2) is 5.13. The van der Waals surface area contributed by atoms with Gasteiger partial charge in [0.15, 0.2) is 0 Å². The maximum atomic E-state index is 12.6. The minimum absolute atomic E-state index is 0.00769. The summed E-state index contributed by atoms with van der Waals surface area (Å²) in [4.78, 5) is 25.1. The maximum absolute atomic E-state index is 12.6. The molecule has 0 amide bonds. The number of rotatable bonds is 0. The normalized spacial score (nSPS) is 38.9. The highest BCUT2D eigenvalue weighted by Crippen LogP contribution is 2.53. The Kier molecular flexibility index (Phi) is 3.60. The number of hydrogen-bond acceptors (Lipinski definition) is 2. The van der Waals surface area contributed by atoms with Gasteiger partial charge in [-0.3, -0.25) is 9.59 Å². The van der Waals surface area contributed by atoms with E-state index < -0.39 is 0 Å². The van der Waals surface area contributed by atoms with Crippen LogP contribution in [-0.2, 0) is 9.59 Å². The molecule has 0 aliphatic heterocycles. The molecule has 3 rings (SSSR count). The molecule has 3 saturated carbocycles. The van der Waals surface area contributed by atoms with E-state index in [0.717, 1.165) is 37.7 Å². The molecule has 0 aromatic rings. The minimum Gasteiger partial charge on any atom is -0.290 e. The van der Waals surface area contributed by atoms with Gasteiger partial charge in [-0.05, 0) is 49.9 Å². The van der Waals surface area contributed by atoms with Crippen molar-refractivity contribution in [3.63, 3.8) is 0 Å². The molecule has 0 radical (unpaired) electrons. The number of fused-ring (bicyclic) bond motifs is 1. The Morgan fingerprint density at radius 1 is 1.00 bits per heavy atom. The van der Waals surface area contributed by atoms with E-state index in [4.69, 9.17) is 0 Å². The molecule has 0 aromatic carbocycles. The fraction of sp³-hybridized carbons (Fsp3) is 0.778. The van der Waals surface area contributed by atoms with Crippen LogP contribution in [0.5, 0.6) is 0 Å². The molecule has 3 unspecified atom stereocenters. The van der Waals surface area contributed by atoms with Crippen molar-refractivity contribution in [1.29, 1.82) is 0 Å². The Morgan fingerprint density at radius 3 is 2.40 bits per heavy atom. The van der Waals surface area contributed by atoms with Crippen LogP contribution in [0.4, 0.5) is 0 Å².